The van der Waals surface area contributed by atoms with E-state index in [0.29, 0.717) is 10.8 Å². The number of nitrogens with one attached hydrogen (secondary N) is 1. The highest BCUT2D eigenvalue weighted by Crippen LogP contribution is 2.20. The molecule has 1 heterocycles. The quantitative estimate of drug-likeness (QED) is 0.831. The number of benzene rings is 1. The van der Waals surface area contributed by atoms with Crippen LogP contribution >= 0.6 is 11.8 Å². The summed E-state index contributed by atoms with van der Waals surface area (Å²) in [7, 11) is 0. The Morgan fingerprint density at radius 3 is 2.75 bits per heavy atom. The van der Waals surface area contributed by atoms with Crippen molar-refractivity contribution in [3.05, 3.63) is 35.9 Å². The average Bonchev–Trinajstić information content (AvgIpc) is 2.92. The lowest BCUT2D eigenvalue weighted by Crippen LogP contribution is -2.40. The maximum absolute atomic E-state index is 3.74. The van der Waals surface area contributed by atoms with Crippen molar-refractivity contribution < 1.29 is 0 Å². The van der Waals surface area contributed by atoms with Gasteiger partial charge in [0.15, 0.2) is 0 Å². The lowest BCUT2D eigenvalue weighted by molar-refractivity contribution is 0.330. The van der Waals surface area contributed by atoms with Gasteiger partial charge in [0.05, 0.1) is 0 Å². The van der Waals surface area contributed by atoms with Crippen molar-refractivity contribution in [2.24, 2.45) is 0 Å². The second-order valence-corrected chi connectivity index (χ2v) is 7.88. The minimum atomic E-state index is 0.345. The zero-order chi connectivity index (χ0) is 14.4. The van der Waals surface area contributed by atoms with Crippen molar-refractivity contribution in [2.45, 2.75) is 37.5 Å². The molecule has 1 N–H and O–H groups in total. The summed E-state index contributed by atoms with van der Waals surface area (Å²) in [6, 6.07) is 11.5. The molecular formula is C17H28N2S. The van der Waals surface area contributed by atoms with Crippen molar-refractivity contribution in [2.75, 3.05) is 32.4 Å². The normalized spacial score (nSPS) is 20.4. The van der Waals surface area contributed by atoms with Gasteiger partial charge in [0, 0.05) is 30.4 Å². The summed E-state index contributed by atoms with van der Waals surface area (Å²) in [5.41, 5.74) is 1.45. The van der Waals surface area contributed by atoms with Gasteiger partial charge in [-0.2, -0.15) is 11.8 Å². The molecule has 1 unspecified atom stereocenters. The van der Waals surface area contributed by atoms with Gasteiger partial charge in [-0.3, -0.25) is 0 Å². The van der Waals surface area contributed by atoms with Crippen LogP contribution in [0, 0.1) is 0 Å². The third-order valence-electron chi connectivity index (χ3n) is 4.20. The number of thioether (sulfide) groups is 1. The first-order valence-electron chi connectivity index (χ1n) is 7.64. The summed E-state index contributed by atoms with van der Waals surface area (Å²) in [5.74, 6) is 0. The van der Waals surface area contributed by atoms with Crippen molar-refractivity contribution in [3.8, 4) is 0 Å². The third kappa shape index (κ3) is 5.12. The van der Waals surface area contributed by atoms with E-state index < -0.39 is 0 Å². The Kier molecular flexibility index (Phi) is 5.94. The predicted octanol–water partition coefficient (Wildman–Crippen LogP) is 3.03. The second kappa shape index (κ2) is 7.48. The van der Waals surface area contributed by atoms with Crippen LogP contribution in [0.1, 0.15) is 25.8 Å². The minimum Gasteiger partial charge on any atom is -0.311 e. The first-order chi connectivity index (χ1) is 9.59. The number of hydrogen-bond acceptors (Lipinski definition) is 3. The highest BCUT2D eigenvalue weighted by atomic mass is 32.2. The molecule has 1 aliphatic rings. The molecule has 0 bridgehead atoms. The van der Waals surface area contributed by atoms with Crippen LogP contribution in [0.3, 0.4) is 0 Å². The van der Waals surface area contributed by atoms with Gasteiger partial charge in [-0.1, -0.05) is 30.3 Å². The van der Waals surface area contributed by atoms with Gasteiger partial charge in [0.2, 0.25) is 0 Å². The third-order valence-corrected chi connectivity index (χ3v) is 5.45. The lowest BCUT2D eigenvalue weighted by Gasteiger charge is -2.25. The predicted molar refractivity (Wildman–Crippen MR) is 90.6 cm³/mol. The van der Waals surface area contributed by atoms with Crippen LogP contribution in [0.5, 0.6) is 0 Å². The fraction of sp³-hybridized carbons (Fsp3) is 0.647. The maximum atomic E-state index is 3.74. The van der Waals surface area contributed by atoms with Gasteiger partial charge < -0.3 is 10.2 Å². The Labute approximate surface area is 128 Å². The molecule has 1 aliphatic heterocycles. The van der Waals surface area contributed by atoms with Gasteiger partial charge in [0.1, 0.15) is 0 Å². The molecule has 2 nitrogen and oxygen atoms in total. The summed E-state index contributed by atoms with van der Waals surface area (Å²) >= 11 is 1.94. The van der Waals surface area contributed by atoms with Crippen molar-refractivity contribution >= 4 is 11.8 Å². The van der Waals surface area contributed by atoms with Gasteiger partial charge in [-0.15, -0.1) is 0 Å². The summed E-state index contributed by atoms with van der Waals surface area (Å²) in [4.78, 5) is 2.59. The van der Waals surface area contributed by atoms with E-state index in [-0.39, 0.29) is 0 Å². The van der Waals surface area contributed by atoms with E-state index >= 15 is 0 Å². The fourth-order valence-electron chi connectivity index (χ4n) is 2.60. The molecule has 1 saturated heterocycles. The Morgan fingerprint density at radius 2 is 2.05 bits per heavy atom. The lowest BCUT2D eigenvalue weighted by atomic mass is 10.1. The van der Waals surface area contributed by atoms with Crippen molar-refractivity contribution in [1.82, 2.24) is 10.2 Å². The zero-order valence-corrected chi connectivity index (χ0v) is 13.9. The molecule has 0 amide bonds. The molecule has 0 spiro atoms. The summed E-state index contributed by atoms with van der Waals surface area (Å²) in [5, 5.41) is 3.74. The summed E-state index contributed by atoms with van der Waals surface area (Å²) in [6.07, 6.45) is 4.66. The molecule has 112 valence electrons. The molecule has 0 aromatic heterocycles. The van der Waals surface area contributed by atoms with E-state index in [2.05, 4.69) is 60.7 Å². The molecule has 0 radical (unpaired) electrons. The molecule has 20 heavy (non-hydrogen) atoms. The van der Waals surface area contributed by atoms with E-state index in [0.717, 1.165) is 6.54 Å². The van der Waals surface area contributed by atoms with Gasteiger partial charge in [-0.05, 0) is 45.1 Å². The molecule has 0 aliphatic carbocycles. The zero-order valence-electron chi connectivity index (χ0n) is 13.1. The monoisotopic (exact) mass is 292 g/mol. The minimum absolute atomic E-state index is 0.345. The van der Waals surface area contributed by atoms with Gasteiger partial charge >= 0.3 is 0 Å². The molecule has 1 fully saturated rings. The highest BCUT2D eigenvalue weighted by Gasteiger charge is 2.24. The molecule has 1 aromatic carbocycles. The maximum Gasteiger partial charge on any atom is 0.0225 e. The number of likely N-dealkylation sites (tertiary alicyclic amines) is 1. The van der Waals surface area contributed by atoms with Crippen LogP contribution in [-0.4, -0.2) is 48.1 Å². The average molecular weight is 292 g/mol. The summed E-state index contributed by atoms with van der Waals surface area (Å²) < 4.78 is 0.345. The molecule has 3 heteroatoms. The standard InChI is InChI=1S/C17H28N2S/c1-17(2,20-3)14-18-16-10-12-19(13-16)11-9-15-7-5-4-6-8-15/h4-8,16,18H,9-14H2,1-3H3. The molecule has 1 aromatic rings. The van der Waals surface area contributed by atoms with Crippen LogP contribution in [0.4, 0.5) is 0 Å². The molecule has 1 atom stereocenters. The summed E-state index contributed by atoms with van der Waals surface area (Å²) in [6.45, 7) is 9.36. The SMILES string of the molecule is CSC(C)(C)CNC1CCN(CCc2ccccc2)C1. The Morgan fingerprint density at radius 1 is 1.30 bits per heavy atom. The number of nitrogens with zero attached hydrogens (tertiary/aromatic N) is 1. The van der Waals surface area contributed by atoms with E-state index in [9.17, 15) is 0 Å². The van der Waals surface area contributed by atoms with Crippen LogP contribution < -0.4 is 5.32 Å². The van der Waals surface area contributed by atoms with Crippen LogP contribution in [0.2, 0.25) is 0 Å². The molecule has 2 rings (SSSR count). The largest absolute Gasteiger partial charge is 0.311 e. The first kappa shape index (κ1) is 15.9. The van der Waals surface area contributed by atoms with E-state index in [1.807, 2.05) is 11.8 Å². The topological polar surface area (TPSA) is 15.3 Å². The molecule has 0 saturated carbocycles. The Bertz CT molecular complexity index is 391. The van der Waals surface area contributed by atoms with Crippen LogP contribution in [-0.2, 0) is 6.42 Å². The Hall–Kier alpha value is -0.510. The fourth-order valence-corrected chi connectivity index (χ4v) is 2.82. The first-order valence-corrected chi connectivity index (χ1v) is 8.86. The number of rotatable bonds is 7. The van der Waals surface area contributed by atoms with Crippen LogP contribution in [0.15, 0.2) is 30.3 Å². The van der Waals surface area contributed by atoms with E-state index in [1.165, 1.54) is 38.0 Å². The second-order valence-electron chi connectivity index (χ2n) is 6.37. The highest BCUT2D eigenvalue weighted by molar-refractivity contribution is 7.99. The molecular weight excluding hydrogens is 264 g/mol. The number of hydrogen-bond donors (Lipinski definition) is 1. The van der Waals surface area contributed by atoms with Crippen molar-refractivity contribution in [1.29, 1.82) is 0 Å². The van der Waals surface area contributed by atoms with E-state index in [1.54, 1.807) is 0 Å². The van der Waals surface area contributed by atoms with Crippen LogP contribution in [0.25, 0.3) is 0 Å². The van der Waals surface area contributed by atoms with E-state index in [4.69, 9.17) is 0 Å². The smallest absolute Gasteiger partial charge is 0.0225 e. The van der Waals surface area contributed by atoms with Crippen molar-refractivity contribution in [3.63, 3.8) is 0 Å². The van der Waals surface area contributed by atoms with Gasteiger partial charge in [0.25, 0.3) is 0 Å². The van der Waals surface area contributed by atoms with Gasteiger partial charge in [-0.25, -0.2) is 0 Å². The Balaban J connectivity index is 1.68.